The first-order chi connectivity index (χ1) is 13.1. The maximum atomic E-state index is 12.4. The summed E-state index contributed by atoms with van der Waals surface area (Å²) in [6.07, 6.45) is 0. The summed E-state index contributed by atoms with van der Waals surface area (Å²) < 4.78 is 19.5. The fourth-order valence-corrected chi connectivity index (χ4v) is 5.13. The highest BCUT2D eigenvalue weighted by molar-refractivity contribution is 8.00. The molecule has 0 bridgehead atoms. The Hall–Kier alpha value is -2.12. The monoisotopic (exact) mass is 402 g/mol. The van der Waals surface area contributed by atoms with Crippen LogP contribution in [-0.2, 0) is 22.1 Å². The first kappa shape index (κ1) is 19.6. The van der Waals surface area contributed by atoms with Gasteiger partial charge in [0.2, 0.25) is 0 Å². The van der Waals surface area contributed by atoms with E-state index < -0.39 is 10.8 Å². The van der Waals surface area contributed by atoms with Crippen molar-refractivity contribution in [3.05, 3.63) is 54.1 Å². The Kier molecular flexibility index (Phi) is 6.68. The van der Waals surface area contributed by atoms with E-state index in [0.717, 1.165) is 27.6 Å². The number of rotatable bonds is 8. The number of imidazole rings is 1. The van der Waals surface area contributed by atoms with E-state index in [1.165, 1.54) is 0 Å². The quantitative estimate of drug-likeness (QED) is 0.419. The lowest BCUT2D eigenvalue weighted by atomic mass is 10.2. The van der Waals surface area contributed by atoms with Crippen LogP contribution in [0, 0.1) is 0 Å². The van der Waals surface area contributed by atoms with Crippen LogP contribution in [0.25, 0.3) is 11.0 Å². The van der Waals surface area contributed by atoms with Crippen molar-refractivity contribution in [1.82, 2.24) is 9.55 Å². The predicted molar refractivity (Wildman–Crippen MR) is 110 cm³/mol. The molecule has 3 rings (SSSR count). The maximum Gasteiger partial charge on any atom is 0.338 e. The standard InChI is InChI=1S/C20H22N2O3S2/c1-3-22-18-11-10-15(19(23)25-4-2)14-17(18)21-20(22)26-12-13-27(24)16-8-6-5-7-9-16/h5-11,14H,3-4,12-13H2,1-2H3/t27-/m0/s1. The number of esters is 1. The molecule has 0 unspecified atom stereocenters. The number of carbonyl (C=O) groups is 1. The molecule has 0 aliphatic rings. The van der Waals surface area contributed by atoms with Crippen LogP contribution >= 0.6 is 11.8 Å². The average molecular weight is 403 g/mol. The number of fused-ring (bicyclic) bond motifs is 1. The van der Waals surface area contributed by atoms with Crippen molar-refractivity contribution < 1.29 is 13.7 Å². The number of ether oxygens (including phenoxy) is 1. The highest BCUT2D eigenvalue weighted by Gasteiger charge is 2.14. The summed E-state index contributed by atoms with van der Waals surface area (Å²) in [5, 5.41) is 0.874. The van der Waals surface area contributed by atoms with Crippen LogP contribution in [0.2, 0.25) is 0 Å². The number of thioether (sulfide) groups is 1. The smallest absolute Gasteiger partial charge is 0.338 e. The summed E-state index contributed by atoms with van der Waals surface area (Å²) in [6, 6.07) is 14.9. The Morgan fingerprint density at radius 3 is 2.67 bits per heavy atom. The Morgan fingerprint density at radius 2 is 1.96 bits per heavy atom. The van der Waals surface area contributed by atoms with Crippen LogP contribution in [-0.4, -0.2) is 37.8 Å². The van der Waals surface area contributed by atoms with Crippen molar-refractivity contribution in [2.24, 2.45) is 0 Å². The van der Waals surface area contributed by atoms with Crippen molar-refractivity contribution >= 4 is 39.6 Å². The number of aromatic nitrogens is 2. The zero-order valence-corrected chi connectivity index (χ0v) is 17.0. The molecule has 27 heavy (non-hydrogen) atoms. The minimum Gasteiger partial charge on any atom is -0.462 e. The summed E-state index contributed by atoms with van der Waals surface area (Å²) >= 11 is 1.59. The highest BCUT2D eigenvalue weighted by atomic mass is 32.2. The first-order valence-electron chi connectivity index (χ1n) is 8.87. The third-order valence-corrected chi connectivity index (χ3v) is 6.66. The Balaban J connectivity index is 1.74. The zero-order valence-electron chi connectivity index (χ0n) is 15.4. The van der Waals surface area contributed by atoms with Crippen molar-refractivity contribution in [3.8, 4) is 0 Å². The van der Waals surface area contributed by atoms with Crippen LogP contribution in [0.1, 0.15) is 24.2 Å². The third-order valence-electron chi connectivity index (χ3n) is 4.05. The van der Waals surface area contributed by atoms with Gasteiger partial charge in [0.05, 0.1) is 34.0 Å². The van der Waals surface area contributed by atoms with Crippen LogP contribution < -0.4 is 0 Å². The van der Waals surface area contributed by atoms with Crippen LogP contribution in [0.5, 0.6) is 0 Å². The number of aryl methyl sites for hydroxylation is 1. The fourth-order valence-electron chi connectivity index (χ4n) is 2.76. The van der Waals surface area contributed by atoms with Crippen molar-refractivity contribution in [2.45, 2.75) is 30.4 Å². The molecule has 142 valence electrons. The van der Waals surface area contributed by atoms with Gasteiger partial charge in [-0.1, -0.05) is 30.0 Å². The normalized spacial score (nSPS) is 12.2. The van der Waals surface area contributed by atoms with E-state index in [9.17, 15) is 9.00 Å². The lowest BCUT2D eigenvalue weighted by Crippen LogP contribution is -2.04. The summed E-state index contributed by atoms with van der Waals surface area (Å²) in [7, 11) is -1.01. The van der Waals surface area contributed by atoms with Crippen LogP contribution in [0.3, 0.4) is 0 Å². The van der Waals surface area contributed by atoms with E-state index in [1.807, 2.05) is 36.4 Å². The SMILES string of the molecule is CCOC(=O)c1ccc2c(c1)nc(SCC[S@](=O)c1ccccc1)n2CC. The highest BCUT2D eigenvalue weighted by Crippen LogP contribution is 2.25. The second-order valence-corrected chi connectivity index (χ2v) is 8.41. The zero-order chi connectivity index (χ0) is 19.2. The number of nitrogens with zero attached hydrogens (tertiary/aromatic N) is 2. The van der Waals surface area contributed by atoms with E-state index in [2.05, 4.69) is 16.5 Å². The predicted octanol–water partition coefficient (Wildman–Crippen LogP) is 4.13. The largest absolute Gasteiger partial charge is 0.462 e. The van der Waals surface area contributed by atoms with Crippen LogP contribution in [0.15, 0.2) is 58.6 Å². The van der Waals surface area contributed by atoms with Gasteiger partial charge in [-0.25, -0.2) is 9.78 Å². The minimum absolute atomic E-state index is 0.335. The number of hydrogen-bond donors (Lipinski definition) is 0. The average Bonchev–Trinajstić information content (AvgIpc) is 3.05. The molecule has 1 aromatic heterocycles. The topological polar surface area (TPSA) is 61.2 Å². The van der Waals surface area contributed by atoms with Crippen molar-refractivity contribution in [2.75, 3.05) is 18.1 Å². The molecule has 0 aliphatic heterocycles. The second-order valence-electron chi connectivity index (χ2n) is 5.77. The third kappa shape index (κ3) is 4.59. The molecule has 1 atom stereocenters. The van der Waals surface area contributed by atoms with Crippen molar-refractivity contribution in [1.29, 1.82) is 0 Å². The Labute approximate surface area is 165 Å². The van der Waals surface area contributed by atoms with Gasteiger partial charge in [-0.2, -0.15) is 0 Å². The molecule has 5 nitrogen and oxygen atoms in total. The van der Waals surface area contributed by atoms with E-state index in [-0.39, 0.29) is 5.97 Å². The van der Waals surface area contributed by atoms with E-state index >= 15 is 0 Å². The molecule has 3 aromatic rings. The molecule has 0 aliphatic carbocycles. The molecule has 0 amide bonds. The summed E-state index contributed by atoms with van der Waals surface area (Å²) in [4.78, 5) is 17.5. The lowest BCUT2D eigenvalue weighted by Gasteiger charge is -2.06. The minimum atomic E-state index is -1.01. The Morgan fingerprint density at radius 1 is 1.19 bits per heavy atom. The molecule has 1 heterocycles. The molecule has 0 saturated carbocycles. The summed E-state index contributed by atoms with van der Waals surface area (Å²) in [6.45, 7) is 4.97. The molecular formula is C20H22N2O3S2. The van der Waals surface area contributed by atoms with Gasteiger partial charge >= 0.3 is 5.97 Å². The summed E-state index contributed by atoms with van der Waals surface area (Å²) in [5.41, 5.74) is 2.26. The number of hydrogen-bond acceptors (Lipinski definition) is 5. The molecule has 0 radical (unpaired) electrons. The molecule has 7 heteroatoms. The first-order valence-corrected chi connectivity index (χ1v) is 11.2. The van der Waals surface area contributed by atoms with Crippen molar-refractivity contribution in [3.63, 3.8) is 0 Å². The van der Waals surface area contributed by atoms with Gasteiger partial charge in [-0.15, -0.1) is 0 Å². The molecule has 0 saturated heterocycles. The summed E-state index contributed by atoms with van der Waals surface area (Å²) in [5.74, 6) is 0.934. The van der Waals surface area contributed by atoms with E-state index in [0.29, 0.717) is 23.7 Å². The van der Waals surface area contributed by atoms with Gasteiger partial charge in [0.25, 0.3) is 0 Å². The van der Waals surface area contributed by atoms with Gasteiger partial charge in [0.15, 0.2) is 5.16 Å². The van der Waals surface area contributed by atoms with Gasteiger partial charge in [-0.05, 0) is 44.2 Å². The Bertz CT molecular complexity index is 955. The fraction of sp³-hybridized carbons (Fsp3) is 0.300. The molecule has 0 fully saturated rings. The van der Waals surface area contributed by atoms with E-state index in [4.69, 9.17) is 4.74 Å². The maximum absolute atomic E-state index is 12.4. The van der Waals surface area contributed by atoms with Gasteiger partial charge < -0.3 is 9.30 Å². The number of carbonyl (C=O) groups excluding carboxylic acids is 1. The van der Waals surface area contributed by atoms with E-state index in [1.54, 1.807) is 30.8 Å². The number of benzene rings is 2. The molecule has 0 N–H and O–H groups in total. The lowest BCUT2D eigenvalue weighted by molar-refractivity contribution is 0.0526. The van der Waals surface area contributed by atoms with Gasteiger partial charge in [0.1, 0.15) is 0 Å². The van der Waals surface area contributed by atoms with Crippen LogP contribution in [0.4, 0.5) is 0 Å². The second kappa shape index (κ2) is 9.19. The molecule has 0 spiro atoms. The van der Waals surface area contributed by atoms with Gasteiger partial charge in [0, 0.05) is 22.9 Å². The molecule has 2 aromatic carbocycles. The molecular weight excluding hydrogens is 380 g/mol. The van der Waals surface area contributed by atoms with Gasteiger partial charge in [-0.3, -0.25) is 4.21 Å².